The monoisotopic (exact) mass is 333 g/mol. The molecule has 0 aliphatic carbocycles. The van der Waals surface area contributed by atoms with Crippen molar-refractivity contribution in [1.29, 1.82) is 0 Å². The van der Waals surface area contributed by atoms with Crippen molar-refractivity contribution in [3.63, 3.8) is 0 Å². The summed E-state index contributed by atoms with van der Waals surface area (Å²) in [5.41, 5.74) is 1.98. The van der Waals surface area contributed by atoms with Crippen LogP contribution in [0.15, 0.2) is 42.5 Å². The molecule has 0 fully saturated rings. The van der Waals surface area contributed by atoms with Crippen LogP contribution in [0.4, 0.5) is 5.69 Å². The molecule has 0 saturated carbocycles. The number of halogens is 1. The molecule has 23 heavy (non-hydrogen) atoms. The van der Waals surface area contributed by atoms with Gasteiger partial charge in [-0.2, -0.15) is 0 Å². The lowest BCUT2D eigenvalue weighted by Crippen LogP contribution is -2.12. The van der Waals surface area contributed by atoms with E-state index in [4.69, 9.17) is 16.3 Å². The number of carbonyl (C=O) groups excluding carboxylic acids is 2. The Labute approximate surface area is 139 Å². The third-order valence-corrected chi connectivity index (χ3v) is 3.45. The molecule has 0 unspecified atom stereocenters. The summed E-state index contributed by atoms with van der Waals surface area (Å²) >= 11 is 5.94. The van der Waals surface area contributed by atoms with E-state index in [1.165, 1.54) is 20.3 Å². The Bertz CT molecular complexity index is 730. The van der Waals surface area contributed by atoms with Crippen LogP contribution < -0.4 is 5.32 Å². The van der Waals surface area contributed by atoms with Crippen molar-refractivity contribution >= 4 is 29.2 Å². The maximum atomic E-state index is 11.9. The van der Waals surface area contributed by atoms with E-state index in [0.717, 1.165) is 5.56 Å². The van der Waals surface area contributed by atoms with Gasteiger partial charge in [-0.1, -0.05) is 23.7 Å². The standard InChI is InChI=1S/C17H16ClNO4/c1-22-16(20)14-7-6-13(9-15(14)17(21)23-2)19-10-11-4-3-5-12(18)8-11/h3-9,19H,10H2,1-2H3. The van der Waals surface area contributed by atoms with Crippen molar-refractivity contribution in [3.05, 3.63) is 64.2 Å². The Hall–Kier alpha value is -2.53. The van der Waals surface area contributed by atoms with E-state index in [1.807, 2.05) is 18.2 Å². The molecule has 6 heteroatoms. The first-order chi connectivity index (χ1) is 11.0. The highest BCUT2D eigenvalue weighted by molar-refractivity contribution is 6.30. The second-order valence-electron chi connectivity index (χ2n) is 4.73. The van der Waals surface area contributed by atoms with Crippen LogP contribution in [0.25, 0.3) is 0 Å². The SMILES string of the molecule is COC(=O)c1ccc(NCc2cccc(Cl)c2)cc1C(=O)OC. The Morgan fingerprint density at radius 3 is 2.35 bits per heavy atom. The maximum Gasteiger partial charge on any atom is 0.338 e. The lowest BCUT2D eigenvalue weighted by Gasteiger charge is -2.11. The van der Waals surface area contributed by atoms with Crippen LogP contribution in [-0.4, -0.2) is 26.2 Å². The van der Waals surface area contributed by atoms with E-state index in [2.05, 4.69) is 10.1 Å². The number of benzene rings is 2. The van der Waals surface area contributed by atoms with Gasteiger partial charge in [-0.3, -0.25) is 0 Å². The highest BCUT2D eigenvalue weighted by Crippen LogP contribution is 2.19. The Kier molecular flexibility index (Phi) is 5.60. The highest BCUT2D eigenvalue weighted by atomic mass is 35.5. The fourth-order valence-corrected chi connectivity index (χ4v) is 2.28. The second-order valence-corrected chi connectivity index (χ2v) is 5.16. The molecule has 0 aromatic heterocycles. The molecule has 0 atom stereocenters. The minimum Gasteiger partial charge on any atom is -0.465 e. The van der Waals surface area contributed by atoms with E-state index in [9.17, 15) is 9.59 Å². The average Bonchev–Trinajstić information content (AvgIpc) is 2.58. The molecular formula is C17H16ClNO4. The van der Waals surface area contributed by atoms with E-state index >= 15 is 0 Å². The largest absolute Gasteiger partial charge is 0.465 e. The van der Waals surface area contributed by atoms with Gasteiger partial charge in [0.15, 0.2) is 0 Å². The second kappa shape index (κ2) is 7.65. The molecule has 5 nitrogen and oxygen atoms in total. The van der Waals surface area contributed by atoms with Crippen LogP contribution in [0.3, 0.4) is 0 Å². The first kappa shape index (κ1) is 16.8. The fraction of sp³-hybridized carbons (Fsp3) is 0.176. The molecule has 0 saturated heterocycles. The summed E-state index contributed by atoms with van der Waals surface area (Å²) in [5, 5.41) is 3.83. The highest BCUT2D eigenvalue weighted by Gasteiger charge is 2.18. The van der Waals surface area contributed by atoms with Crippen LogP contribution in [0, 0.1) is 0 Å². The number of methoxy groups -OCH3 is 2. The number of esters is 2. The minimum absolute atomic E-state index is 0.149. The summed E-state index contributed by atoms with van der Waals surface area (Å²) in [6.45, 7) is 0.527. The van der Waals surface area contributed by atoms with Crippen molar-refractivity contribution in [1.82, 2.24) is 0 Å². The smallest absolute Gasteiger partial charge is 0.338 e. The Balaban J connectivity index is 2.23. The first-order valence-electron chi connectivity index (χ1n) is 6.84. The van der Waals surface area contributed by atoms with Gasteiger partial charge in [0.2, 0.25) is 0 Å². The summed E-state index contributed by atoms with van der Waals surface area (Å²) in [6.07, 6.45) is 0. The summed E-state index contributed by atoms with van der Waals surface area (Å²) in [4.78, 5) is 23.6. The molecule has 2 rings (SSSR count). The Morgan fingerprint density at radius 2 is 1.70 bits per heavy atom. The molecule has 0 bridgehead atoms. The quantitative estimate of drug-likeness (QED) is 0.848. The predicted molar refractivity (Wildman–Crippen MR) is 87.9 cm³/mol. The lowest BCUT2D eigenvalue weighted by molar-refractivity contribution is 0.0555. The summed E-state index contributed by atoms with van der Waals surface area (Å²) in [7, 11) is 2.52. The number of carbonyl (C=O) groups is 2. The molecule has 0 spiro atoms. The van der Waals surface area contributed by atoms with Gasteiger partial charge in [-0.15, -0.1) is 0 Å². The van der Waals surface area contributed by atoms with Crippen LogP contribution in [0.2, 0.25) is 5.02 Å². The van der Waals surface area contributed by atoms with Gasteiger partial charge in [-0.25, -0.2) is 9.59 Å². The zero-order valence-electron chi connectivity index (χ0n) is 12.8. The predicted octanol–water partition coefficient (Wildman–Crippen LogP) is 3.53. The molecule has 0 aliphatic heterocycles. The Morgan fingerprint density at radius 1 is 1.00 bits per heavy atom. The number of rotatable bonds is 5. The zero-order valence-corrected chi connectivity index (χ0v) is 13.5. The number of ether oxygens (including phenoxy) is 2. The van der Waals surface area contributed by atoms with Gasteiger partial charge in [0.05, 0.1) is 25.3 Å². The van der Waals surface area contributed by atoms with E-state index in [0.29, 0.717) is 17.3 Å². The van der Waals surface area contributed by atoms with E-state index in [1.54, 1.807) is 18.2 Å². The molecule has 120 valence electrons. The molecule has 1 N–H and O–H groups in total. The summed E-state index contributed by atoms with van der Waals surface area (Å²) < 4.78 is 9.39. The number of hydrogen-bond donors (Lipinski definition) is 1. The van der Waals surface area contributed by atoms with E-state index < -0.39 is 11.9 Å². The van der Waals surface area contributed by atoms with Crippen molar-refractivity contribution in [2.24, 2.45) is 0 Å². The first-order valence-corrected chi connectivity index (χ1v) is 7.22. The van der Waals surface area contributed by atoms with Gasteiger partial charge in [0, 0.05) is 17.3 Å². The minimum atomic E-state index is -0.600. The van der Waals surface area contributed by atoms with Crippen molar-refractivity contribution in [3.8, 4) is 0 Å². The van der Waals surface area contributed by atoms with Gasteiger partial charge in [0.1, 0.15) is 0 Å². The number of anilines is 1. The topological polar surface area (TPSA) is 64.6 Å². The van der Waals surface area contributed by atoms with Gasteiger partial charge in [-0.05, 0) is 35.9 Å². The molecule has 0 radical (unpaired) electrons. The normalized spacial score (nSPS) is 10.0. The fourth-order valence-electron chi connectivity index (χ4n) is 2.07. The van der Waals surface area contributed by atoms with Crippen LogP contribution >= 0.6 is 11.6 Å². The van der Waals surface area contributed by atoms with Crippen LogP contribution in [-0.2, 0) is 16.0 Å². The maximum absolute atomic E-state index is 11.9. The van der Waals surface area contributed by atoms with Gasteiger partial charge in [0.25, 0.3) is 0 Å². The van der Waals surface area contributed by atoms with E-state index in [-0.39, 0.29) is 11.1 Å². The number of nitrogens with one attached hydrogen (secondary N) is 1. The van der Waals surface area contributed by atoms with Crippen LogP contribution in [0.5, 0.6) is 0 Å². The molecule has 0 aliphatic rings. The van der Waals surface area contributed by atoms with Crippen molar-refractivity contribution in [2.75, 3.05) is 19.5 Å². The molecule has 2 aromatic carbocycles. The third kappa shape index (κ3) is 4.23. The lowest BCUT2D eigenvalue weighted by atomic mass is 10.1. The molecule has 0 heterocycles. The molecule has 2 aromatic rings. The summed E-state index contributed by atoms with van der Waals surface area (Å²) in [5.74, 6) is -1.19. The van der Waals surface area contributed by atoms with Crippen molar-refractivity contribution in [2.45, 2.75) is 6.54 Å². The van der Waals surface area contributed by atoms with Crippen LogP contribution in [0.1, 0.15) is 26.3 Å². The third-order valence-electron chi connectivity index (χ3n) is 3.22. The van der Waals surface area contributed by atoms with Crippen molar-refractivity contribution < 1.29 is 19.1 Å². The number of hydrogen-bond acceptors (Lipinski definition) is 5. The average molecular weight is 334 g/mol. The molecular weight excluding hydrogens is 318 g/mol. The van der Waals surface area contributed by atoms with Gasteiger partial charge < -0.3 is 14.8 Å². The van der Waals surface area contributed by atoms with Gasteiger partial charge >= 0.3 is 11.9 Å². The summed E-state index contributed by atoms with van der Waals surface area (Å²) in [6, 6.07) is 12.2. The zero-order chi connectivity index (χ0) is 16.8. The molecule has 0 amide bonds.